The van der Waals surface area contributed by atoms with E-state index in [1.807, 2.05) is 50.2 Å². The maximum atomic E-state index is 12.6. The zero-order valence-electron chi connectivity index (χ0n) is 14.0. The number of amides is 1. The molecule has 5 nitrogen and oxygen atoms in total. The van der Waals surface area contributed by atoms with Gasteiger partial charge in [-0.15, -0.1) is 0 Å². The van der Waals surface area contributed by atoms with Crippen LogP contribution in [0.2, 0.25) is 0 Å². The Kier molecular flexibility index (Phi) is 4.53. The average molecular weight is 326 g/mol. The molecule has 24 heavy (non-hydrogen) atoms. The van der Waals surface area contributed by atoms with Gasteiger partial charge in [0, 0.05) is 12.7 Å². The SMILES string of the molecule is Cc1ccc(OC[C@@]2(O)CCN(C(=O)c3ncccc3C)C2)cc1. The summed E-state index contributed by atoms with van der Waals surface area (Å²) in [6, 6.07) is 11.4. The van der Waals surface area contributed by atoms with Gasteiger partial charge in [0.2, 0.25) is 0 Å². The number of carbonyl (C=O) groups excluding carboxylic acids is 1. The highest BCUT2D eigenvalue weighted by Crippen LogP contribution is 2.24. The molecule has 5 heteroatoms. The number of nitrogens with zero attached hydrogens (tertiary/aromatic N) is 2. The van der Waals surface area contributed by atoms with Crippen LogP contribution in [0.5, 0.6) is 5.75 Å². The van der Waals surface area contributed by atoms with Crippen LogP contribution < -0.4 is 4.74 Å². The normalized spacial score (nSPS) is 20.2. The second kappa shape index (κ2) is 6.61. The fourth-order valence-electron chi connectivity index (χ4n) is 2.86. The summed E-state index contributed by atoms with van der Waals surface area (Å²) in [6.07, 6.45) is 2.11. The van der Waals surface area contributed by atoms with E-state index in [1.54, 1.807) is 11.1 Å². The maximum Gasteiger partial charge on any atom is 0.272 e. The molecule has 0 unspecified atom stereocenters. The molecule has 1 N–H and O–H groups in total. The van der Waals surface area contributed by atoms with Crippen LogP contribution in [0.4, 0.5) is 0 Å². The van der Waals surface area contributed by atoms with Gasteiger partial charge in [0.1, 0.15) is 23.7 Å². The van der Waals surface area contributed by atoms with Crippen LogP contribution in [0.1, 0.15) is 28.0 Å². The third-order valence-corrected chi connectivity index (χ3v) is 4.36. The first-order chi connectivity index (χ1) is 11.5. The summed E-state index contributed by atoms with van der Waals surface area (Å²) >= 11 is 0. The van der Waals surface area contributed by atoms with Gasteiger partial charge in [-0.1, -0.05) is 23.8 Å². The maximum absolute atomic E-state index is 12.6. The standard InChI is InChI=1S/C19H22N2O3/c1-14-5-7-16(8-6-14)24-13-19(23)9-11-21(12-19)18(22)17-15(2)4-3-10-20-17/h3-8,10,23H,9,11-13H2,1-2H3/t19-/m1/s1. The minimum atomic E-state index is -1.02. The minimum absolute atomic E-state index is 0.139. The number of benzene rings is 1. The molecule has 0 spiro atoms. The lowest BCUT2D eigenvalue weighted by atomic mass is 10.1. The summed E-state index contributed by atoms with van der Waals surface area (Å²) in [6.45, 7) is 4.80. The molecular weight excluding hydrogens is 304 g/mol. The number of aromatic nitrogens is 1. The molecule has 1 atom stereocenters. The van der Waals surface area contributed by atoms with E-state index in [4.69, 9.17) is 4.74 Å². The molecule has 126 valence electrons. The summed E-state index contributed by atoms with van der Waals surface area (Å²) in [5, 5.41) is 10.7. The van der Waals surface area contributed by atoms with Crippen LogP contribution in [0.15, 0.2) is 42.6 Å². The van der Waals surface area contributed by atoms with E-state index in [2.05, 4.69) is 4.98 Å². The molecule has 1 aromatic carbocycles. The van der Waals surface area contributed by atoms with E-state index >= 15 is 0 Å². The lowest BCUT2D eigenvalue weighted by Crippen LogP contribution is -2.41. The van der Waals surface area contributed by atoms with Crippen molar-refractivity contribution in [3.05, 3.63) is 59.4 Å². The zero-order valence-corrected chi connectivity index (χ0v) is 14.0. The van der Waals surface area contributed by atoms with Crippen LogP contribution in [-0.2, 0) is 0 Å². The summed E-state index contributed by atoms with van der Waals surface area (Å²) in [5.41, 5.74) is 1.42. The lowest BCUT2D eigenvalue weighted by Gasteiger charge is -2.23. The van der Waals surface area contributed by atoms with Crippen molar-refractivity contribution in [3.8, 4) is 5.75 Å². The van der Waals surface area contributed by atoms with Gasteiger partial charge in [-0.05, 0) is 44.0 Å². The van der Waals surface area contributed by atoms with Gasteiger partial charge in [0.25, 0.3) is 5.91 Å². The molecule has 1 aliphatic rings. The molecule has 3 rings (SSSR count). The summed E-state index contributed by atoms with van der Waals surface area (Å²) in [7, 11) is 0. The third kappa shape index (κ3) is 3.57. The Morgan fingerprint density at radius 3 is 2.75 bits per heavy atom. The number of rotatable bonds is 4. The number of hydrogen-bond donors (Lipinski definition) is 1. The van der Waals surface area contributed by atoms with Gasteiger partial charge in [-0.2, -0.15) is 0 Å². The van der Waals surface area contributed by atoms with E-state index in [0.29, 0.717) is 18.7 Å². The molecule has 1 amide bonds. The Balaban J connectivity index is 1.62. The Morgan fingerprint density at radius 2 is 2.04 bits per heavy atom. The highest BCUT2D eigenvalue weighted by molar-refractivity contribution is 5.93. The molecule has 1 aromatic heterocycles. The zero-order chi connectivity index (χ0) is 17.2. The number of hydrogen-bond acceptors (Lipinski definition) is 4. The number of carbonyl (C=O) groups is 1. The lowest BCUT2D eigenvalue weighted by molar-refractivity contribution is 0.00424. The highest BCUT2D eigenvalue weighted by Gasteiger charge is 2.39. The molecular formula is C19H22N2O3. The quantitative estimate of drug-likeness (QED) is 0.937. The summed E-state index contributed by atoms with van der Waals surface area (Å²) in [5.74, 6) is 0.582. The van der Waals surface area contributed by atoms with Crippen molar-refractivity contribution in [1.82, 2.24) is 9.88 Å². The van der Waals surface area contributed by atoms with Crippen molar-refractivity contribution in [2.45, 2.75) is 25.9 Å². The Hall–Kier alpha value is -2.40. The number of likely N-dealkylation sites (tertiary alicyclic amines) is 1. The fourth-order valence-corrected chi connectivity index (χ4v) is 2.86. The number of ether oxygens (including phenoxy) is 1. The Bertz CT molecular complexity index is 730. The summed E-state index contributed by atoms with van der Waals surface area (Å²) < 4.78 is 5.70. The van der Waals surface area contributed by atoms with Gasteiger partial charge < -0.3 is 14.7 Å². The molecule has 0 radical (unpaired) electrons. The number of aryl methyl sites for hydroxylation is 2. The van der Waals surface area contributed by atoms with Gasteiger partial charge >= 0.3 is 0 Å². The largest absolute Gasteiger partial charge is 0.491 e. The van der Waals surface area contributed by atoms with E-state index < -0.39 is 5.60 Å². The smallest absolute Gasteiger partial charge is 0.272 e. The average Bonchev–Trinajstić information content (AvgIpc) is 2.97. The van der Waals surface area contributed by atoms with Crippen LogP contribution in [0.3, 0.4) is 0 Å². The molecule has 1 saturated heterocycles. The Morgan fingerprint density at radius 1 is 1.29 bits per heavy atom. The van der Waals surface area contributed by atoms with Gasteiger partial charge in [-0.25, -0.2) is 0 Å². The number of aliphatic hydroxyl groups is 1. The molecule has 1 aliphatic heterocycles. The van der Waals surface area contributed by atoms with Gasteiger partial charge in [0.15, 0.2) is 0 Å². The van der Waals surface area contributed by atoms with Crippen LogP contribution in [0.25, 0.3) is 0 Å². The van der Waals surface area contributed by atoms with Crippen molar-refractivity contribution >= 4 is 5.91 Å². The first kappa shape index (κ1) is 16.5. The summed E-state index contributed by atoms with van der Waals surface area (Å²) in [4.78, 5) is 18.4. The minimum Gasteiger partial charge on any atom is -0.491 e. The first-order valence-corrected chi connectivity index (χ1v) is 8.10. The number of β-amino-alcohol motifs (C(OH)–C–C–N with tert-alkyl or cyclic N) is 1. The first-order valence-electron chi connectivity index (χ1n) is 8.10. The molecule has 1 fully saturated rings. The van der Waals surface area contributed by atoms with E-state index in [0.717, 1.165) is 16.9 Å². The van der Waals surface area contributed by atoms with Crippen molar-refractivity contribution in [2.24, 2.45) is 0 Å². The fraction of sp³-hybridized carbons (Fsp3) is 0.368. The van der Waals surface area contributed by atoms with Crippen LogP contribution >= 0.6 is 0 Å². The molecule has 0 bridgehead atoms. The van der Waals surface area contributed by atoms with Crippen molar-refractivity contribution in [1.29, 1.82) is 0 Å². The van der Waals surface area contributed by atoms with Gasteiger partial charge in [-0.3, -0.25) is 9.78 Å². The topological polar surface area (TPSA) is 62.7 Å². The van der Waals surface area contributed by atoms with Crippen LogP contribution in [0, 0.1) is 13.8 Å². The second-order valence-electron chi connectivity index (χ2n) is 6.47. The molecule has 2 aromatic rings. The monoisotopic (exact) mass is 326 g/mol. The van der Waals surface area contributed by atoms with Crippen molar-refractivity contribution in [2.75, 3.05) is 19.7 Å². The third-order valence-electron chi connectivity index (χ3n) is 4.36. The molecule has 2 heterocycles. The highest BCUT2D eigenvalue weighted by atomic mass is 16.5. The predicted molar refractivity (Wildman–Crippen MR) is 91.1 cm³/mol. The van der Waals surface area contributed by atoms with Gasteiger partial charge in [0.05, 0.1) is 6.54 Å². The van der Waals surface area contributed by atoms with Crippen LogP contribution in [-0.4, -0.2) is 46.2 Å². The predicted octanol–water partition coefficient (Wildman–Crippen LogP) is 2.35. The van der Waals surface area contributed by atoms with E-state index in [-0.39, 0.29) is 19.1 Å². The Labute approximate surface area is 141 Å². The second-order valence-corrected chi connectivity index (χ2v) is 6.47. The molecule has 0 aliphatic carbocycles. The van der Waals surface area contributed by atoms with E-state index in [9.17, 15) is 9.90 Å². The van der Waals surface area contributed by atoms with Crippen molar-refractivity contribution < 1.29 is 14.6 Å². The van der Waals surface area contributed by atoms with Crippen molar-refractivity contribution in [3.63, 3.8) is 0 Å². The number of pyridine rings is 1. The van der Waals surface area contributed by atoms with E-state index in [1.165, 1.54) is 0 Å². The molecule has 0 saturated carbocycles.